The van der Waals surface area contributed by atoms with Gasteiger partial charge < -0.3 is 0 Å². The molecule has 0 unspecified atom stereocenters. The maximum atomic E-state index is 13.5. The molecule has 0 saturated heterocycles. The minimum Gasteiger partial charge on any atom is -0.200 e. The van der Waals surface area contributed by atoms with Crippen molar-refractivity contribution >= 4 is 32.2 Å². The Balaban J connectivity index is 1.84. The first-order valence-corrected chi connectivity index (χ1v) is 14.8. The monoisotopic (exact) mass is 526 g/mol. The molecule has 0 atom stereocenters. The molecule has 0 aromatic heterocycles. The molecule has 0 N–H and O–H groups in total. The largest absolute Gasteiger partial charge is 0.524 e. The van der Waals surface area contributed by atoms with Gasteiger partial charge in [-0.1, -0.05) is 55.7 Å². The van der Waals surface area contributed by atoms with Crippen LogP contribution in [0, 0.1) is 0 Å². The van der Waals surface area contributed by atoms with Gasteiger partial charge in [-0.15, -0.1) is 11.8 Å². The topological polar surface area (TPSA) is 43.4 Å². The Morgan fingerprint density at radius 3 is 1.65 bits per heavy atom. The summed E-state index contributed by atoms with van der Waals surface area (Å²) in [6.07, 6.45) is 5.94. The highest BCUT2D eigenvalue weighted by molar-refractivity contribution is 8.33. The van der Waals surface area contributed by atoms with Gasteiger partial charge in [0.1, 0.15) is 0 Å². The van der Waals surface area contributed by atoms with E-state index in [1.54, 1.807) is 84.6 Å². The van der Waals surface area contributed by atoms with Crippen molar-refractivity contribution in [2.75, 3.05) is 0 Å². The molecule has 0 aliphatic heterocycles. The second-order valence-corrected chi connectivity index (χ2v) is 13.8. The summed E-state index contributed by atoms with van der Waals surface area (Å²) in [6, 6.07) is 23.6. The number of hydrogen-bond donors (Lipinski definition) is 0. The molecule has 182 valence electrons. The van der Waals surface area contributed by atoms with Crippen molar-refractivity contribution in [3.63, 3.8) is 0 Å². The Labute approximate surface area is 204 Å². The third-order valence-corrected chi connectivity index (χ3v) is 11.9. The van der Waals surface area contributed by atoms with Crippen LogP contribution in [0.3, 0.4) is 0 Å². The quantitative estimate of drug-likeness (QED) is 0.291. The van der Waals surface area contributed by atoms with E-state index in [0.717, 1.165) is 17.7 Å². The number of thioether (sulfide) groups is 1. The molecule has 9 heteroatoms. The SMILES string of the molecule is O=S(=O)(OS(c1ccccc1)(c1ccccc1)c1ccc(SC2CCCCC2)cc1)C(F)(F)F. The van der Waals surface area contributed by atoms with Crippen LogP contribution in [0.1, 0.15) is 32.1 Å². The molecule has 0 heterocycles. The average molecular weight is 527 g/mol. The first-order valence-electron chi connectivity index (χ1n) is 10.9. The van der Waals surface area contributed by atoms with Gasteiger partial charge in [-0.2, -0.15) is 25.2 Å². The second-order valence-electron chi connectivity index (χ2n) is 8.00. The van der Waals surface area contributed by atoms with Crippen molar-refractivity contribution in [2.45, 2.75) is 62.4 Å². The van der Waals surface area contributed by atoms with Crippen LogP contribution >= 0.6 is 22.1 Å². The van der Waals surface area contributed by atoms with Crippen molar-refractivity contribution in [3.05, 3.63) is 84.9 Å². The fraction of sp³-hybridized carbons (Fsp3) is 0.280. The summed E-state index contributed by atoms with van der Waals surface area (Å²) < 4.78 is 70.6. The van der Waals surface area contributed by atoms with Gasteiger partial charge in [-0.05, 0) is 71.7 Å². The fourth-order valence-electron chi connectivity index (χ4n) is 4.01. The van der Waals surface area contributed by atoms with Gasteiger partial charge in [0.2, 0.25) is 0 Å². The molecular formula is C25H25F3O3S3. The number of alkyl halides is 3. The summed E-state index contributed by atoms with van der Waals surface area (Å²) in [4.78, 5) is 2.11. The van der Waals surface area contributed by atoms with E-state index in [-0.39, 0.29) is 0 Å². The van der Waals surface area contributed by atoms with Crippen molar-refractivity contribution in [2.24, 2.45) is 0 Å². The summed E-state index contributed by atoms with van der Waals surface area (Å²) in [5, 5.41) is 0.516. The molecule has 1 saturated carbocycles. The van der Waals surface area contributed by atoms with Crippen LogP contribution in [-0.4, -0.2) is 19.2 Å². The lowest BCUT2D eigenvalue weighted by Crippen LogP contribution is -2.27. The van der Waals surface area contributed by atoms with Gasteiger partial charge >= 0.3 is 15.6 Å². The summed E-state index contributed by atoms with van der Waals surface area (Å²) in [5.41, 5.74) is -5.55. The Morgan fingerprint density at radius 2 is 1.18 bits per heavy atom. The van der Waals surface area contributed by atoms with Crippen LogP contribution in [-0.2, 0) is 13.7 Å². The van der Waals surface area contributed by atoms with Crippen LogP contribution < -0.4 is 0 Å². The van der Waals surface area contributed by atoms with E-state index in [1.165, 1.54) is 19.3 Å². The number of halogens is 3. The first kappa shape index (κ1) is 25.2. The predicted octanol–water partition coefficient (Wildman–Crippen LogP) is 8.17. The van der Waals surface area contributed by atoms with Crippen LogP contribution in [0.5, 0.6) is 0 Å². The average Bonchev–Trinajstić information content (AvgIpc) is 2.84. The fourth-order valence-corrected chi connectivity index (χ4v) is 10.00. The number of benzene rings is 3. The Kier molecular flexibility index (Phi) is 7.66. The molecule has 1 aliphatic rings. The summed E-state index contributed by atoms with van der Waals surface area (Å²) >= 11 is 1.76. The van der Waals surface area contributed by atoms with E-state index in [2.05, 4.69) is 0 Å². The zero-order valence-corrected chi connectivity index (χ0v) is 20.7. The predicted molar refractivity (Wildman–Crippen MR) is 131 cm³/mol. The third kappa shape index (κ3) is 5.32. The summed E-state index contributed by atoms with van der Waals surface area (Å²) in [7, 11) is -9.14. The molecule has 4 rings (SSSR count). The lowest BCUT2D eigenvalue weighted by Gasteiger charge is -2.39. The van der Waals surface area contributed by atoms with Gasteiger partial charge in [-0.25, -0.2) is 0 Å². The molecule has 1 fully saturated rings. The lowest BCUT2D eigenvalue weighted by molar-refractivity contribution is -0.0496. The van der Waals surface area contributed by atoms with Gasteiger partial charge in [0, 0.05) is 24.8 Å². The van der Waals surface area contributed by atoms with E-state index in [0.29, 0.717) is 19.9 Å². The summed E-state index contributed by atoms with van der Waals surface area (Å²) in [5.74, 6) is 0. The molecule has 3 aromatic carbocycles. The van der Waals surface area contributed by atoms with Crippen molar-refractivity contribution < 1.29 is 25.2 Å². The molecule has 3 nitrogen and oxygen atoms in total. The van der Waals surface area contributed by atoms with E-state index in [9.17, 15) is 21.6 Å². The van der Waals surface area contributed by atoms with Crippen molar-refractivity contribution in [1.82, 2.24) is 0 Å². The molecule has 0 spiro atoms. The molecular weight excluding hydrogens is 501 g/mol. The highest BCUT2D eigenvalue weighted by Gasteiger charge is 2.52. The van der Waals surface area contributed by atoms with Gasteiger partial charge in [0.05, 0.1) is 0 Å². The van der Waals surface area contributed by atoms with Crippen LogP contribution in [0.15, 0.2) is 105 Å². The zero-order valence-electron chi connectivity index (χ0n) is 18.3. The molecule has 1 aliphatic carbocycles. The zero-order chi connectivity index (χ0) is 24.2. The van der Waals surface area contributed by atoms with Crippen molar-refractivity contribution in [3.8, 4) is 0 Å². The summed E-state index contributed by atoms with van der Waals surface area (Å²) in [6.45, 7) is 0. The first-order chi connectivity index (χ1) is 16.2. The van der Waals surface area contributed by atoms with Crippen LogP contribution in [0.25, 0.3) is 0 Å². The molecule has 34 heavy (non-hydrogen) atoms. The minimum absolute atomic E-state index is 0.363. The van der Waals surface area contributed by atoms with E-state index in [1.807, 2.05) is 12.1 Å². The Bertz CT molecular complexity index is 1140. The maximum absolute atomic E-state index is 13.5. The maximum Gasteiger partial charge on any atom is 0.524 e. The Hall–Kier alpha value is -1.94. The molecule has 0 amide bonds. The third-order valence-electron chi connectivity index (χ3n) is 5.64. The van der Waals surface area contributed by atoms with Crippen LogP contribution in [0.2, 0.25) is 0 Å². The molecule has 0 bridgehead atoms. The van der Waals surface area contributed by atoms with E-state index < -0.39 is 25.9 Å². The molecule has 3 aromatic rings. The van der Waals surface area contributed by atoms with E-state index in [4.69, 9.17) is 3.63 Å². The van der Waals surface area contributed by atoms with Gasteiger partial charge in [0.15, 0.2) is 0 Å². The number of rotatable bonds is 7. The Morgan fingerprint density at radius 1 is 0.706 bits per heavy atom. The molecule has 0 radical (unpaired) electrons. The van der Waals surface area contributed by atoms with Crippen LogP contribution in [0.4, 0.5) is 13.2 Å². The minimum atomic E-state index is -5.90. The van der Waals surface area contributed by atoms with Gasteiger partial charge in [-0.3, -0.25) is 0 Å². The van der Waals surface area contributed by atoms with Gasteiger partial charge in [0.25, 0.3) is 0 Å². The highest BCUT2D eigenvalue weighted by atomic mass is 32.3. The standard InChI is InChI=1S/C25H25F3O3S3/c26-25(27,28)34(29,30)31-33(22-12-6-2-7-13-22,23-14-8-3-9-15-23)24-18-16-21(17-19-24)32-20-10-4-1-5-11-20/h2-3,6-9,12-20H,1,4-5,10-11H2. The second kappa shape index (κ2) is 10.4. The smallest absolute Gasteiger partial charge is 0.200 e. The van der Waals surface area contributed by atoms with E-state index >= 15 is 0 Å². The van der Waals surface area contributed by atoms with Crippen molar-refractivity contribution in [1.29, 1.82) is 0 Å². The highest BCUT2D eigenvalue weighted by Crippen LogP contribution is 2.70. The number of hydrogen-bond acceptors (Lipinski definition) is 4. The normalized spacial score (nSPS) is 16.3. The lowest BCUT2D eigenvalue weighted by atomic mass is 10.0.